The van der Waals surface area contributed by atoms with Crippen LogP contribution in [0.2, 0.25) is 0 Å². The standard InChI is InChI=1S/C15H22N2O2/c1-11-7-12(2)9-14(8-11)19-6-5-17-15(18)13-3-4-16-10-13/h7-9,13,16H,3-6,10H2,1-2H3,(H,17,18). The molecule has 1 unspecified atom stereocenters. The number of carbonyl (C=O) groups is 1. The number of nitrogens with one attached hydrogen (secondary N) is 2. The van der Waals surface area contributed by atoms with Gasteiger partial charge in [-0.3, -0.25) is 4.79 Å². The first-order valence-corrected chi connectivity index (χ1v) is 6.84. The Balaban J connectivity index is 1.70. The van der Waals surface area contributed by atoms with Gasteiger partial charge in [-0.1, -0.05) is 6.07 Å². The van der Waals surface area contributed by atoms with Crippen LogP contribution in [0.25, 0.3) is 0 Å². The summed E-state index contributed by atoms with van der Waals surface area (Å²) in [6.45, 7) is 6.90. The normalized spacial score (nSPS) is 18.3. The summed E-state index contributed by atoms with van der Waals surface area (Å²) in [5.74, 6) is 1.13. The van der Waals surface area contributed by atoms with Gasteiger partial charge in [-0.25, -0.2) is 0 Å². The first-order valence-electron chi connectivity index (χ1n) is 6.84. The van der Waals surface area contributed by atoms with Gasteiger partial charge in [0.2, 0.25) is 5.91 Å². The molecule has 1 heterocycles. The second kappa shape index (κ2) is 6.57. The zero-order chi connectivity index (χ0) is 13.7. The van der Waals surface area contributed by atoms with Crippen LogP contribution < -0.4 is 15.4 Å². The van der Waals surface area contributed by atoms with Crippen molar-refractivity contribution in [3.8, 4) is 5.75 Å². The van der Waals surface area contributed by atoms with Crippen molar-refractivity contribution in [2.45, 2.75) is 20.3 Å². The van der Waals surface area contributed by atoms with E-state index in [1.165, 1.54) is 11.1 Å². The summed E-state index contributed by atoms with van der Waals surface area (Å²) >= 11 is 0. The number of aryl methyl sites for hydroxylation is 2. The highest BCUT2D eigenvalue weighted by atomic mass is 16.5. The van der Waals surface area contributed by atoms with Gasteiger partial charge in [-0.15, -0.1) is 0 Å². The van der Waals surface area contributed by atoms with Crippen LogP contribution in [0, 0.1) is 19.8 Å². The van der Waals surface area contributed by atoms with Crippen molar-refractivity contribution in [1.29, 1.82) is 0 Å². The number of hydrogen-bond acceptors (Lipinski definition) is 3. The highest BCUT2D eigenvalue weighted by Crippen LogP contribution is 2.15. The molecule has 1 amide bonds. The largest absolute Gasteiger partial charge is 0.492 e. The van der Waals surface area contributed by atoms with Crippen LogP contribution in [0.1, 0.15) is 17.5 Å². The predicted octanol–water partition coefficient (Wildman–Crippen LogP) is 1.41. The molecule has 1 saturated heterocycles. The van der Waals surface area contributed by atoms with Crippen LogP contribution in [0.5, 0.6) is 5.75 Å². The summed E-state index contributed by atoms with van der Waals surface area (Å²) in [7, 11) is 0. The van der Waals surface area contributed by atoms with E-state index < -0.39 is 0 Å². The van der Waals surface area contributed by atoms with E-state index in [2.05, 4.69) is 30.5 Å². The molecule has 0 aliphatic carbocycles. The van der Waals surface area contributed by atoms with E-state index in [1.807, 2.05) is 12.1 Å². The fraction of sp³-hybridized carbons (Fsp3) is 0.533. The topological polar surface area (TPSA) is 50.4 Å². The molecule has 1 aliphatic heterocycles. The van der Waals surface area contributed by atoms with Gasteiger partial charge in [0.25, 0.3) is 0 Å². The Kier molecular flexibility index (Phi) is 4.80. The molecule has 2 rings (SSSR count). The highest BCUT2D eigenvalue weighted by molar-refractivity contribution is 5.79. The Morgan fingerprint density at radius 3 is 2.74 bits per heavy atom. The number of carbonyl (C=O) groups excluding carboxylic acids is 1. The van der Waals surface area contributed by atoms with E-state index in [4.69, 9.17) is 4.74 Å². The van der Waals surface area contributed by atoms with Gasteiger partial charge >= 0.3 is 0 Å². The summed E-state index contributed by atoms with van der Waals surface area (Å²) in [4.78, 5) is 11.8. The SMILES string of the molecule is Cc1cc(C)cc(OCCNC(=O)C2CCNC2)c1. The molecule has 0 saturated carbocycles. The lowest BCUT2D eigenvalue weighted by Gasteiger charge is -2.11. The van der Waals surface area contributed by atoms with E-state index in [1.54, 1.807) is 0 Å². The van der Waals surface area contributed by atoms with E-state index in [0.717, 1.165) is 25.3 Å². The number of benzene rings is 1. The summed E-state index contributed by atoms with van der Waals surface area (Å²) in [6.07, 6.45) is 0.934. The second-order valence-corrected chi connectivity index (χ2v) is 5.15. The van der Waals surface area contributed by atoms with Crippen LogP contribution in [0.4, 0.5) is 0 Å². The van der Waals surface area contributed by atoms with E-state index in [0.29, 0.717) is 13.2 Å². The fourth-order valence-corrected chi connectivity index (χ4v) is 2.38. The summed E-state index contributed by atoms with van der Waals surface area (Å²) in [6, 6.07) is 6.13. The minimum Gasteiger partial charge on any atom is -0.492 e. The van der Waals surface area contributed by atoms with Gasteiger partial charge in [-0.2, -0.15) is 0 Å². The first kappa shape index (κ1) is 13.9. The van der Waals surface area contributed by atoms with Crippen molar-refractivity contribution in [3.05, 3.63) is 29.3 Å². The summed E-state index contributed by atoms with van der Waals surface area (Å²) in [5, 5.41) is 6.11. The molecular weight excluding hydrogens is 240 g/mol. The average molecular weight is 262 g/mol. The van der Waals surface area contributed by atoms with Crippen molar-refractivity contribution in [1.82, 2.24) is 10.6 Å². The lowest BCUT2D eigenvalue weighted by Crippen LogP contribution is -2.34. The molecule has 4 nitrogen and oxygen atoms in total. The Morgan fingerprint density at radius 2 is 2.11 bits per heavy atom. The maximum atomic E-state index is 11.8. The maximum Gasteiger partial charge on any atom is 0.224 e. The van der Waals surface area contributed by atoms with Gasteiger partial charge in [0.15, 0.2) is 0 Å². The quantitative estimate of drug-likeness (QED) is 0.789. The molecule has 1 atom stereocenters. The molecule has 0 spiro atoms. The molecule has 0 aromatic heterocycles. The average Bonchev–Trinajstić information content (AvgIpc) is 2.87. The van der Waals surface area contributed by atoms with E-state index in [9.17, 15) is 4.79 Å². The molecule has 104 valence electrons. The van der Waals surface area contributed by atoms with E-state index >= 15 is 0 Å². The number of ether oxygens (including phenoxy) is 1. The van der Waals surface area contributed by atoms with Crippen LogP contribution in [0.15, 0.2) is 18.2 Å². The third-order valence-electron chi connectivity index (χ3n) is 3.30. The molecule has 1 aromatic rings. The van der Waals surface area contributed by atoms with Gasteiger partial charge in [-0.05, 0) is 50.1 Å². The Hall–Kier alpha value is -1.55. The first-order chi connectivity index (χ1) is 9.15. The van der Waals surface area contributed by atoms with Gasteiger partial charge in [0.1, 0.15) is 12.4 Å². The predicted molar refractivity (Wildman–Crippen MR) is 75.4 cm³/mol. The Morgan fingerprint density at radius 1 is 1.37 bits per heavy atom. The minimum atomic E-state index is 0.126. The summed E-state index contributed by atoms with van der Waals surface area (Å²) < 4.78 is 5.65. The molecule has 1 fully saturated rings. The number of rotatable bonds is 5. The third kappa shape index (κ3) is 4.24. The van der Waals surface area contributed by atoms with Gasteiger partial charge < -0.3 is 15.4 Å². The third-order valence-corrected chi connectivity index (χ3v) is 3.30. The van der Waals surface area contributed by atoms with Crippen LogP contribution >= 0.6 is 0 Å². The number of amides is 1. The molecule has 0 radical (unpaired) electrons. The smallest absolute Gasteiger partial charge is 0.224 e. The molecule has 1 aromatic carbocycles. The summed E-state index contributed by atoms with van der Waals surface area (Å²) in [5.41, 5.74) is 2.38. The van der Waals surface area contributed by atoms with Crippen molar-refractivity contribution >= 4 is 5.91 Å². The lowest BCUT2D eigenvalue weighted by molar-refractivity contribution is -0.124. The molecular formula is C15H22N2O2. The van der Waals surface area contributed by atoms with Crippen LogP contribution in [0.3, 0.4) is 0 Å². The maximum absolute atomic E-state index is 11.8. The van der Waals surface area contributed by atoms with Crippen LogP contribution in [-0.4, -0.2) is 32.1 Å². The van der Waals surface area contributed by atoms with Crippen molar-refractivity contribution < 1.29 is 9.53 Å². The Labute approximate surface area is 114 Å². The highest BCUT2D eigenvalue weighted by Gasteiger charge is 2.21. The molecule has 1 aliphatic rings. The van der Waals surface area contributed by atoms with Crippen LogP contribution in [-0.2, 0) is 4.79 Å². The monoisotopic (exact) mass is 262 g/mol. The number of hydrogen-bond donors (Lipinski definition) is 2. The Bertz CT molecular complexity index is 420. The second-order valence-electron chi connectivity index (χ2n) is 5.15. The lowest BCUT2D eigenvalue weighted by atomic mass is 10.1. The van der Waals surface area contributed by atoms with Crippen molar-refractivity contribution in [2.75, 3.05) is 26.2 Å². The van der Waals surface area contributed by atoms with Crippen molar-refractivity contribution in [2.24, 2.45) is 5.92 Å². The minimum absolute atomic E-state index is 0.126. The molecule has 4 heteroatoms. The molecule has 2 N–H and O–H groups in total. The zero-order valence-electron chi connectivity index (χ0n) is 11.7. The van der Waals surface area contributed by atoms with Gasteiger partial charge in [0, 0.05) is 6.54 Å². The van der Waals surface area contributed by atoms with Crippen molar-refractivity contribution in [3.63, 3.8) is 0 Å². The zero-order valence-corrected chi connectivity index (χ0v) is 11.7. The fourth-order valence-electron chi connectivity index (χ4n) is 2.38. The van der Waals surface area contributed by atoms with Gasteiger partial charge in [0.05, 0.1) is 12.5 Å². The molecule has 0 bridgehead atoms. The molecule has 19 heavy (non-hydrogen) atoms. The van der Waals surface area contributed by atoms with E-state index in [-0.39, 0.29) is 11.8 Å².